The highest BCUT2D eigenvalue weighted by Crippen LogP contribution is 2.23. The Bertz CT molecular complexity index is 1200. The molecule has 0 aliphatic rings. The number of nitrogens with zero attached hydrogens (tertiary/aromatic N) is 4. The smallest absolute Gasteiger partial charge is 0.247 e. The zero-order valence-corrected chi connectivity index (χ0v) is 16.0. The van der Waals surface area contributed by atoms with E-state index in [9.17, 15) is 4.79 Å². The molecule has 4 aromatic rings. The van der Waals surface area contributed by atoms with Gasteiger partial charge in [-0.05, 0) is 42.3 Å². The molecular formula is C22H20N6O. The van der Waals surface area contributed by atoms with E-state index in [2.05, 4.69) is 45.2 Å². The molecule has 1 amide bonds. The van der Waals surface area contributed by atoms with Crippen molar-refractivity contribution in [2.45, 2.75) is 13.3 Å². The van der Waals surface area contributed by atoms with Crippen LogP contribution in [0.1, 0.15) is 12.5 Å². The van der Waals surface area contributed by atoms with Gasteiger partial charge in [-0.25, -0.2) is 9.97 Å². The molecule has 2 aromatic heterocycles. The monoisotopic (exact) mass is 384 g/mol. The van der Waals surface area contributed by atoms with Crippen LogP contribution in [-0.2, 0) is 11.2 Å². The van der Waals surface area contributed by atoms with Crippen molar-refractivity contribution in [3.8, 4) is 5.82 Å². The first-order chi connectivity index (χ1) is 14.2. The van der Waals surface area contributed by atoms with Crippen molar-refractivity contribution in [2.75, 3.05) is 10.6 Å². The molecule has 0 spiro atoms. The molecule has 29 heavy (non-hydrogen) atoms. The van der Waals surface area contributed by atoms with E-state index in [4.69, 9.17) is 0 Å². The van der Waals surface area contributed by atoms with Crippen LogP contribution in [0.5, 0.6) is 0 Å². The van der Waals surface area contributed by atoms with E-state index in [-0.39, 0.29) is 5.91 Å². The topological polar surface area (TPSA) is 84.7 Å². The number of para-hydroxylation sites is 1. The minimum Gasteiger partial charge on any atom is -0.339 e. The Hall–Kier alpha value is -4.00. The van der Waals surface area contributed by atoms with E-state index < -0.39 is 0 Å². The molecule has 0 fully saturated rings. The number of carbonyl (C=O) groups is 1. The number of rotatable bonds is 6. The Balaban J connectivity index is 1.69. The van der Waals surface area contributed by atoms with Crippen LogP contribution in [0.15, 0.2) is 73.8 Å². The summed E-state index contributed by atoms with van der Waals surface area (Å²) in [7, 11) is 0. The van der Waals surface area contributed by atoms with E-state index in [0.29, 0.717) is 17.3 Å². The molecule has 0 saturated heterocycles. The predicted octanol–water partition coefficient (Wildman–Crippen LogP) is 4.25. The maximum absolute atomic E-state index is 11.6. The van der Waals surface area contributed by atoms with Crippen molar-refractivity contribution < 1.29 is 4.79 Å². The van der Waals surface area contributed by atoms with E-state index >= 15 is 0 Å². The van der Waals surface area contributed by atoms with Gasteiger partial charge in [0, 0.05) is 11.4 Å². The largest absolute Gasteiger partial charge is 0.339 e. The molecule has 0 saturated carbocycles. The standard InChI is InChI=1S/C22H20N6O/c1-3-15-7-5-6-8-17(15)26-20-12-23-13-21(27-20)28-14-24-18-10-9-16(11-19(18)28)25-22(29)4-2/h4-14H,2-3H2,1H3,(H,25,29)(H,26,27). The third kappa shape index (κ3) is 3.84. The van der Waals surface area contributed by atoms with Gasteiger partial charge in [0.15, 0.2) is 11.6 Å². The summed E-state index contributed by atoms with van der Waals surface area (Å²) < 4.78 is 1.84. The highest BCUT2D eigenvalue weighted by Gasteiger charge is 2.10. The zero-order chi connectivity index (χ0) is 20.2. The number of anilines is 3. The summed E-state index contributed by atoms with van der Waals surface area (Å²) in [5.74, 6) is 0.996. The van der Waals surface area contributed by atoms with Crippen molar-refractivity contribution in [1.29, 1.82) is 0 Å². The van der Waals surface area contributed by atoms with Crippen molar-refractivity contribution in [1.82, 2.24) is 19.5 Å². The molecule has 0 radical (unpaired) electrons. The van der Waals surface area contributed by atoms with Gasteiger partial charge >= 0.3 is 0 Å². The Labute approximate surface area is 168 Å². The summed E-state index contributed by atoms with van der Waals surface area (Å²) in [6, 6.07) is 13.6. The van der Waals surface area contributed by atoms with Gasteiger partial charge in [0.25, 0.3) is 0 Å². The normalized spacial score (nSPS) is 10.7. The third-order valence-electron chi connectivity index (χ3n) is 4.53. The summed E-state index contributed by atoms with van der Waals surface area (Å²) in [5.41, 5.74) is 4.47. The molecule has 2 N–H and O–H groups in total. The molecule has 0 bridgehead atoms. The highest BCUT2D eigenvalue weighted by atomic mass is 16.1. The van der Waals surface area contributed by atoms with Gasteiger partial charge in [-0.15, -0.1) is 0 Å². The average Bonchev–Trinajstić information content (AvgIpc) is 3.17. The van der Waals surface area contributed by atoms with Crippen LogP contribution in [-0.4, -0.2) is 25.4 Å². The highest BCUT2D eigenvalue weighted by molar-refractivity contribution is 6.00. The Morgan fingerprint density at radius 2 is 2.07 bits per heavy atom. The molecule has 0 aliphatic heterocycles. The predicted molar refractivity (Wildman–Crippen MR) is 115 cm³/mol. The quantitative estimate of drug-likeness (QED) is 0.486. The first-order valence-electron chi connectivity index (χ1n) is 9.26. The van der Waals surface area contributed by atoms with Crippen LogP contribution in [0.2, 0.25) is 0 Å². The molecule has 2 heterocycles. The van der Waals surface area contributed by atoms with Crippen molar-refractivity contribution in [3.05, 3.63) is 79.4 Å². The Morgan fingerprint density at radius 3 is 2.90 bits per heavy atom. The van der Waals surface area contributed by atoms with Gasteiger partial charge in [0.2, 0.25) is 5.91 Å². The number of fused-ring (bicyclic) bond motifs is 1. The van der Waals surface area contributed by atoms with E-state index in [0.717, 1.165) is 23.1 Å². The lowest BCUT2D eigenvalue weighted by molar-refractivity contribution is -0.111. The van der Waals surface area contributed by atoms with Gasteiger partial charge in [0.1, 0.15) is 6.33 Å². The number of nitrogens with one attached hydrogen (secondary N) is 2. The Kier molecular flexibility index (Phi) is 5.03. The van der Waals surface area contributed by atoms with Crippen LogP contribution in [0.25, 0.3) is 16.9 Å². The van der Waals surface area contributed by atoms with E-state index in [1.54, 1.807) is 24.8 Å². The van der Waals surface area contributed by atoms with Crippen molar-refractivity contribution in [2.24, 2.45) is 0 Å². The number of aromatic nitrogens is 4. The number of hydrogen-bond donors (Lipinski definition) is 2. The van der Waals surface area contributed by atoms with Crippen molar-refractivity contribution in [3.63, 3.8) is 0 Å². The van der Waals surface area contributed by atoms with Gasteiger partial charge in [-0.3, -0.25) is 14.3 Å². The summed E-state index contributed by atoms with van der Waals surface area (Å²) in [4.78, 5) is 25.0. The lowest BCUT2D eigenvalue weighted by atomic mass is 10.1. The second-order valence-electron chi connectivity index (χ2n) is 6.41. The molecule has 144 valence electrons. The molecular weight excluding hydrogens is 364 g/mol. The molecule has 7 nitrogen and oxygen atoms in total. The molecule has 0 aliphatic carbocycles. The number of carbonyl (C=O) groups excluding carboxylic acids is 1. The number of hydrogen-bond acceptors (Lipinski definition) is 5. The summed E-state index contributed by atoms with van der Waals surface area (Å²) >= 11 is 0. The van der Waals surface area contributed by atoms with Crippen LogP contribution in [0.3, 0.4) is 0 Å². The van der Waals surface area contributed by atoms with Crippen LogP contribution >= 0.6 is 0 Å². The molecule has 0 atom stereocenters. The van der Waals surface area contributed by atoms with Crippen LogP contribution < -0.4 is 10.6 Å². The first-order valence-corrected chi connectivity index (χ1v) is 9.26. The zero-order valence-electron chi connectivity index (χ0n) is 16.0. The van der Waals surface area contributed by atoms with E-state index in [1.807, 2.05) is 34.9 Å². The fraction of sp³-hybridized carbons (Fsp3) is 0.0909. The van der Waals surface area contributed by atoms with Gasteiger partial charge in [-0.2, -0.15) is 0 Å². The molecule has 7 heteroatoms. The van der Waals surface area contributed by atoms with Gasteiger partial charge in [0.05, 0.1) is 23.4 Å². The second-order valence-corrected chi connectivity index (χ2v) is 6.41. The summed E-state index contributed by atoms with van der Waals surface area (Å²) in [6.45, 7) is 5.59. The average molecular weight is 384 g/mol. The lowest BCUT2D eigenvalue weighted by Crippen LogP contribution is -2.07. The summed E-state index contributed by atoms with van der Waals surface area (Å²) in [6.07, 6.45) is 7.20. The van der Waals surface area contributed by atoms with Crippen molar-refractivity contribution >= 4 is 34.1 Å². The fourth-order valence-electron chi connectivity index (χ4n) is 3.08. The second kappa shape index (κ2) is 7.93. The third-order valence-corrected chi connectivity index (χ3v) is 4.53. The Morgan fingerprint density at radius 1 is 1.21 bits per heavy atom. The number of imidazole rings is 1. The maximum Gasteiger partial charge on any atom is 0.247 e. The minimum atomic E-state index is -0.268. The molecule has 2 aromatic carbocycles. The minimum absolute atomic E-state index is 0.268. The van der Waals surface area contributed by atoms with Gasteiger partial charge < -0.3 is 10.6 Å². The fourth-order valence-corrected chi connectivity index (χ4v) is 3.08. The molecule has 0 unspecified atom stereocenters. The van der Waals surface area contributed by atoms with Crippen LogP contribution in [0, 0.1) is 0 Å². The number of aryl methyl sites for hydroxylation is 1. The first kappa shape index (κ1) is 18.4. The molecule has 4 rings (SSSR count). The maximum atomic E-state index is 11.6. The number of benzene rings is 2. The lowest BCUT2D eigenvalue weighted by Gasteiger charge is -2.11. The van der Waals surface area contributed by atoms with Gasteiger partial charge in [-0.1, -0.05) is 31.7 Å². The number of amides is 1. The summed E-state index contributed by atoms with van der Waals surface area (Å²) in [5, 5.41) is 6.11. The van der Waals surface area contributed by atoms with Crippen LogP contribution in [0.4, 0.5) is 17.2 Å². The van der Waals surface area contributed by atoms with E-state index in [1.165, 1.54) is 11.6 Å². The SMILES string of the molecule is C=CC(=O)Nc1ccc2ncn(-c3cncc(Nc4ccccc4CC)n3)c2c1.